The van der Waals surface area contributed by atoms with Crippen LogP contribution in [0.25, 0.3) is 0 Å². The van der Waals surface area contributed by atoms with Crippen LogP contribution in [0.4, 0.5) is 0 Å². The van der Waals surface area contributed by atoms with E-state index in [2.05, 4.69) is 18.8 Å². The fourth-order valence-corrected chi connectivity index (χ4v) is 1.85. The Bertz CT molecular complexity index is 367. The summed E-state index contributed by atoms with van der Waals surface area (Å²) in [6.45, 7) is 4.92. The highest BCUT2D eigenvalue weighted by molar-refractivity contribution is 5.37. The molecule has 1 rings (SSSR count). The van der Waals surface area contributed by atoms with E-state index in [-0.39, 0.29) is 0 Å². The highest BCUT2D eigenvalue weighted by Crippen LogP contribution is 2.12. The van der Waals surface area contributed by atoms with Crippen molar-refractivity contribution in [1.29, 1.82) is 0 Å². The summed E-state index contributed by atoms with van der Waals surface area (Å²) in [6.07, 6.45) is 7.80. The van der Waals surface area contributed by atoms with Crippen LogP contribution in [0.15, 0.2) is 24.3 Å². The summed E-state index contributed by atoms with van der Waals surface area (Å²) in [6, 6.07) is 8.01. The zero-order valence-electron chi connectivity index (χ0n) is 11.7. The van der Waals surface area contributed by atoms with Gasteiger partial charge in [-0.15, -0.1) is 5.92 Å². The minimum absolute atomic E-state index is 0.824. The molecule has 0 aliphatic rings. The summed E-state index contributed by atoms with van der Waals surface area (Å²) >= 11 is 0. The van der Waals surface area contributed by atoms with Gasteiger partial charge in [0.15, 0.2) is 0 Å². The van der Waals surface area contributed by atoms with Crippen molar-refractivity contribution in [2.75, 3.05) is 6.61 Å². The van der Waals surface area contributed by atoms with Gasteiger partial charge in [0.2, 0.25) is 0 Å². The van der Waals surface area contributed by atoms with E-state index in [4.69, 9.17) is 4.74 Å². The van der Waals surface area contributed by atoms with Gasteiger partial charge < -0.3 is 4.74 Å². The average molecular weight is 244 g/mol. The van der Waals surface area contributed by atoms with Crippen LogP contribution in [-0.2, 0) is 0 Å². The van der Waals surface area contributed by atoms with Crippen molar-refractivity contribution >= 4 is 0 Å². The van der Waals surface area contributed by atoms with E-state index in [9.17, 15) is 0 Å². The Balaban J connectivity index is 2.13. The second-order valence-electron chi connectivity index (χ2n) is 4.52. The lowest BCUT2D eigenvalue weighted by Crippen LogP contribution is -1.97. The van der Waals surface area contributed by atoms with E-state index >= 15 is 0 Å². The molecule has 0 aliphatic heterocycles. The van der Waals surface area contributed by atoms with Crippen molar-refractivity contribution in [3.8, 4) is 17.6 Å². The molecule has 0 amide bonds. The Morgan fingerprint density at radius 2 is 1.61 bits per heavy atom. The van der Waals surface area contributed by atoms with Crippen molar-refractivity contribution in [2.24, 2.45) is 0 Å². The van der Waals surface area contributed by atoms with Gasteiger partial charge in [0.05, 0.1) is 6.61 Å². The molecule has 0 aromatic heterocycles. The molecule has 0 heterocycles. The van der Waals surface area contributed by atoms with Gasteiger partial charge in [-0.05, 0) is 37.6 Å². The predicted octanol–water partition coefficient (Wildman–Crippen LogP) is 4.80. The van der Waals surface area contributed by atoms with Gasteiger partial charge in [-0.2, -0.15) is 0 Å². The van der Waals surface area contributed by atoms with Gasteiger partial charge in [0.1, 0.15) is 5.75 Å². The van der Waals surface area contributed by atoms with Crippen LogP contribution in [0.5, 0.6) is 5.75 Å². The second-order valence-corrected chi connectivity index (χ2v) is 4.52. The lowest BCUT2D eigenvalue weighted by atomic mass is 10.1. The molecule has 0 saturated carbocycles. The molecule has 0 saturated heterocycles. The maximum Gasteiger partial charge on any atom is 0.119 e. The molecule has 0 atom stereocenters. The molecule has 18 heavy (non-hydrogen) atoms. The Hall–Kier alpha value is -1.42. The van der Waals surface area contributed by atoms with Crippen molar-refractivity contribution in [3.63, 3.8) is 0 Å². The lowest BCUT2D eigenvalue weighted by molar-refractivity contribution is 0.304. The molecular weight excluding hydrogens is 220 g/mol. The summed E-state index contributed by atoms with van der Waals surface area (Å²) in [5.74, 6) is 6.86. The molecule has 1 nitrogen and oxygen atoms in total. The van der Waals surface area contributed by atoms with Crippen LogP contribution in [0.1, 0.15) is 57.9 Å². The molecule has 0 unspecified atom stereocenters. The minimum Gasteiger partial charge on any atom is -0.494 e. The van der Waals surface area contributed by atoms with Crippen LogP contribution >= 0.6 is 0 Å². The molecule has 0 aliphatic carbocycles. The summed E-state index contributed by atoms with van der Waals surface area (Å²) in [7, 11) is 0. The van der Waals surface area contributed by atoms with Gasteiger partial charge in [-0.1, -0.05) is 44.9 Å². The molecule has 1 aromatic rings. The number of rotatable bonds is 8. The summed E-state index contributed by atoms with van der Waals surface area (Å²) < 4.78 is 5.70. The van der Waals surface area contributed by atoms with Crippen molar-refractivity contribution in [3.05, 3.63) is 29.8 Å². The first-order chi connectivity index (χ1) is 8.86. The maximum atomic E-state index is 5.70. The Morgan fingerprint density at radius 1 is 0.944 bits per heavy atom. The molecule has 1 heteroatoms. The molecular formula is C17H24O. The van der Waals surface area contributed by atoms with Crippen molar-refractivity contribution in [1.82, 2.24) is 0 Å². The maximum absolute atomic E-state index is 5.70. The predicted molar refractivity (Wildman–Crippen MR) is 77.9 cm³/mol. The zero-order valence-corrected chi connectivity index (χ0v) is 11.7. The number of benzene rings is 1. The molecule has 0 bridgehead atoms. The quantitative estimate of drug-likeness (QED) is 0.471. The monoisotopic (exact) mass is 244 g/mol. The van der Waals surface area contributed by atoms with Gasteiger partial charge in [-0.3, -0.25) is 0 Å². The van der Waals surface area contributed by atoms with Gasteiger partial charge in [-0.25, -0.2) is 0 Å². The number of ether oxygens (including phenoxy) is 1. The average Bonchev–Trinajstić information content (AvgIpc) is 2.40. The first-order valence-corrected chi connectivity index (χ1v) is 7.02. The lowest BCUT2D eigenvalue weighted by Gasteiger charge is -2.06. The largest absolute Gasteiger partial charge is 0.494 e. The van der Waals surface area contributed by atoms with E-state index in [0.29, 0.717) is 0 Å². The molecule has 1 aromatic carbocycles. The molecule has 0 spiro atoms. The summed E-state index contributed by atoms with van der Waals surface area (Å²) in [5, 5.41) is 0. The highest BCUT2D eigenvalue weighted by atomic mass is 16.5. The molecule has 0 fully saturated rings. The summed E-state index contributed by atoms with van der Waals surface area (Å²) in [4.78, 5) is 0. The van der Waals surface area contributed by atoms with E-state index in [1.165, 1.54) is 32.1 Å². The first-order valence-electron chi connectivity index (χ1n) is 7.02. The molecule has 0 N–H and O–H groups in total. The molecule has 0 radical (unpaired) electrons. The molecule has 98 valence electrons. The number of hydrogen-bond acceptors (Lipinski definition) is 1. The van der Waals surface area contributed by atoms with Crippen LogP contribution in [0.2, 0.25) is 0 Å². The van der Waals surface area contributed by atoms with Crippen LogP contribution in [-0.4, -0.2) is 6.61 Å². The third kappa shape index (κ3) is 6.35. The number of unbranched alkanes of at least 4 members (excludes halogenated alkanes) is 5. The van der Waals surface area contributed by atoms with Crippen LogP contribution < -0.4 is 4.74 Å². The third-order valence-electron chi connectivity index (χ3n) is 2.89. The topological polar surface area (TPSA) is 9.23 Å². The van der Waals surface area contributed by atoms with Gasteiger partial charge >= 0.3 is 0 Å². The Morgan fingerprint density at radius 3 is 2.28 bits per heavy atom. The first kappa shape index (κ1) is 14.6. The number of hydrogen-bond donors (Lipinski definition) is 0. The van der Waals surface area contributed by atoms with E-state index in [0.717, 1.165) is 24.3 Å². The third-order valence-corrected chi connectivity index (χ3v) is 2.89. The smallest absolute Gasteiger partial charge is 0.119 e. The minimum atomic E-state index is 0.824. The standard InChI is InChI=1S/C17H24O/c1-3-5-6-7-8-9-15-18-17-13-11-16(10-4-2)12-14-17/h11-14H,3,5-9,15H2,1-2H3. The van der Waals surface area contributed by atoms with E-state index in [1.807, 2.05) is 31.2 Å². The zero-order chi connectivity index (χ0) is 13.1. The van der Waals surface area contributed by atoms with E-state index < -0.39 is 0 Å². The summed E-state index contributed by atoms with van der Waals surface area (Å²) in [5.41, 5.74) is 1.05. The fourth-order valence-electron chi connectivity index (χ4n) is 1.85. The van der Waals surface area contributed by atoms with Gasteiger partial charge in [0.25, 0.3) is 0 Å². The Kier molecular flexibility index (Phi) is 7.80. The highest BCUT2D eigenvalue weighted by Gasteiger charge is 1.94. The SMILES string of the molecule is CC#Cc1ccc(OCCCCCCCC)cc1. The second kappa shape index (κ2) is 9.59. The fraction of sp³-hybridized carbons (Fsp3) is 0.529. The normalized spacial score (nSPS) is 9.67. The van der Waals surface area contributed by atoms with Crippen LogP contribution in [0.3, 0.4) is 0 Å². The Labute approximate surface area is 112 Å². The van der Waals surface area contributed by atoms with E-state index in [1.54, 1.807) is 0 Å². The van der Waals surface area contributed by atoms with Crippen molar-refractivity contribution < 1.29 is 4.74 Å². The van der Waals surface area contributed by atoms with Crippen molar-refractivity contribution in [2.45, 2.75) is 52.4 Å². The van der Waals surface area contributed by atoms with Crippen LogP contribution in [0, 0.1) is 11.8 Å². The van der Waals surface area contributed by atoms with Gasteiger partial charge in [0, 0.05) is 5.56 Å².